The molecule has 0 bridgehead atoms. The van der Waals surface area contributed by atoms with Crippen molar-refractivity contribution in [2.45, 2.75) is 57.8 Å². The first kappa shape index (κ1) is 17.0. The van der Waals surface area contributed by atoms with Gasteiger partial charge in [0.2, 0.25) is 0 Å². The summed E-state index contributed by atoms with van der Waals surface area (Å²) in [4.78, 5) is 4.98. The number of nitrogen functional groups attached to an aromatic ring is 1. The lowest BCUT2D eigenvalue weighted by Gasteiger charge is -2.16. The van der Waals surface area contributed by atoms with Crippen molar-refractivity contribution in [1.29, 1.82) is 0 Å². The Morgan fingerprint density at radius 3 is 2.70 bits per heavy atom. The van der Waals surface area contributed by atoms with E-state index in [1.54, 1.807) is 11.3 Å². The van der Waals surface area contributed by atoms with Crippen LogP contribution in [0.1, 0.15) is 64.4 Å². The minimum absolute atomic E-state index is 0.711. The molecular weight excluding hydrogens is 348 g/mol. The molecule has 1 heterocycles. The number of hydrogen-bond acceptors (Lipinski definition) is 3. The Labute approximate surface area is 165 Å². The highest BCUT2D eigenvalue weighted by Gasteiger charge is 2.27. The van der Waals surface area contributed by atoms with Crippen LogP contribution in [0.15, 0.2) is 35.7 Å². The van der Waals surface area contributed by atoms with Crippen LogP contribution in [0.5, 0.6) is 0 Å². The second-order valence-electron chi connectivity index (χ2n) is 8.18. The van der Waals surface area contributed by atoms with Gasteiger partial charge in [0, 0.05) is 23.1 Å². The fraction of sp³-hybridized carbons (Fsp3) is 0.375. The lowest BCUT2D eigenvalue weighted by molar-refractivity contribution is 0.686. The fourth-order valence-corrected chi connectivity index (χ4v) is 5.14. The van der Waals surface area contributed by atoms with E-state index < -0.39 is 0 Å². The molecule has 1 saturated carbocycles. The summed E-state index contributed by atoms with van der Waals surface area (Å²) in [5.41, 5.74) is 16.6. The van der Waals surface area contributed by atoms with Gasteiger partial charge in [-0.15, -0.1) is 11.3 Å². The summed E-state index contributed by atoms with van der Waals surface area (Å²) in [5.74, 6) is 0.711. The van der Waals surface area contributed by atoms with Gasteiger partial charge in [-0.05, 0) is 91.3 Å². The molecule has 2 aliphatic carbocycles. The van der Waals surface area contributed by atoms with E-state index >= 15 is 0 Å². The van der Waals surface area contributed by atoms with Crippen LogP contribution in [-0.2, 0) is 19.3 Å². The third-order valence-corrected chi connectivity index (χ3v) is 6.93. The standard InChI is InChI=1S/C24H26N2S/c1-15-10-20(21(13-22(15)25)17-7-8-17)12-24-26-23(14-27-24)19-9-6-16-4-2-3-5-18(16)11-19/h6,9-11,13-14,17H,2-5,7-8,12,25H2,1H3. The van der Waals surface area contributed by atoms with Gasteiger partial charge in [0.25, 0.3) is 0 Å². The first-order valence-corrected chi connectivity index (χ1v) is 11.0. The molecule has 138 valence electrons. The molecule has 0 amide bonds. The van der Waals surface area contributed by atoms with Crippen LogP contribution in [0.2, 0.25) is 0 Å². The molecule has 1 aromatic heterocycles. The maximum absolute atomic E-state index is 6.17. The predicted octanol–water partition coefficient (Wildman–Crippen LogP) is 6.05. The van der Waals surface area contributed by atoms with E-state index in [4.69, 9.17) is 10.7 Å². The number of fused-ring (bicyclic) bond motifs is 1. The van der Waals surface area contributed by atoms with Gasteiger partial charge < -0.3 is 5.73 Å². The van der Waals surface area contributed by atoms with Crippen LogP contribution in [-0.4, -0.2) is 4.98 Å². The quantitative estimate of drug-likeness (QED) is 0.565. The molecule has 0 saturated heterocycles. The van der Waals surface area contributed by atoms with Crippen molar-refractivity contribution in [2.75, 3.05) is 5.73 Å². The summed E-state index contributed by atoms with van der Waals surface area (Å²) in [5, 5.41) is 3.43. The lowest BCUT2D eigenvalue weighted by atomic mass is 9.90. The van der Waals surface area contributed by atoms with E-state index in [2.05, 4.69) is 42.6 Å². The molecule has 2 N–H and O–H groups in total. The smallest absolute Gasteiger partial charge is 0.0976 e. The average Bonchev–Trinajstić information content (AvgIpc) is 3.42. The van der Waals surface area contributed by atoms with Crippen LogP contribution in [0.3, 0.4) is 0 Å². The number of thiazole rings is 1. The Hall–Kier alpha value is -2.13. The molecule has 0 radical (unpaired) electrons. The number of benzene rings is 2. The van der Waals surface area contributed by atoms with E-state index in [1.165, 1.54) is 76.9 Å². The Balaban J connectivity index is 1.43. The Morgan fingerprint density at radius 2 is 1.89 bits per heavy atom. The van der Waals surface area contributed by atoms with Crippen molar-refractivity contribution in [3.05, 3.63) is 68.5 Å². The molecule has 27 heavy (non-hydrogen) atoms. The SMILES string of the molecule is Cc1cc(Cc2nc(-c3ccc4c(c3)CCCC4)cs2)c(C2CC2)cc1N. The molecule has 0 unspecified atom stereocenters. The molecule has 2 aliphatic rings. The second-order valence-corrected chi connectivity index (χ2v) is 9.12. The van der Waals surface area contributed by atoms with Gasteiger partial charge in [-0.25, -0.2) is 4.98 Å². The summed E-state index contributed by atoms with van der Waals surface area (Å²) in [6, 6.07) is 11.4. The predicted molar refractivity (Wildman–Crippen MR) is 115 cm³/mol. The Kier molecular flexibility index (Phi) is 4.28. The molecule has 2 nitrogen and oxygen atoms in total. The van der Waals surface area contributed by atoms with E-state index in [0.717, 1.165) is 17.8 Å². The van der Waals surface area contributed by atoms with Gasteiger partial charge >= 0.3 is 0 Å². The van der Waals surface area contributed by atoms with Crippen molar-refractivity contribution in [3.8, 4) is 11.3 Å². The fourth-order valence-electron chi connectivity index (χ4n) is 4.31. The van der Waals surface area contributed by atoms with Crippen LogP contribution >= 0.6 is 11.3 Å². The van der Waals surface area contributed by atoms with Crippen molar-refractivity contribution >= 4 is 17.0 Å². The number of rotatable bonds is 4. The maximum Gasteiger partial charge on any atom is 0.0976 e. The molecule has 0 spiro atoms. The highest BCUT2D eigenvalue weighted by atomic mass is 32.1. The van der Waals surface area contributed by atoms with Crippen molar-refractivity contribution in [3.63, 3.8) is 0 Å². The molecule has 2 aromatic carbocycles. The third kappa shape index (κ3) is 3.41. The van der Waals surface area contributed by atoms with Crippen LogP contribution in [0.25, 0.3) is 11.3 Å². The molecule has 0 atom stereocenters. The van der Waals surface area contributed by atoms with Gasteiger partial charge in [0.1, 0.15) is 0 Å². The van der Waals surface area contributed by atoms with Gasteiger partial charge in [-0.2, -0.15) is 0 Å². The topological polar surface area (TPSA) is 38.9 Å². The zero-order valence-electron chi connectivity index (χ0n) is 15.9. The zero-order valence-corrected chi connectivity index (χ0v) is 16.7. The zero-order chi connectivity index (χ0) is 18.4. The largest absolute Gasteiger partial charge is 0.399 e. The van der Waals surface area contributed by atoms with Crippen LogP contribution in [0.4, 0.5) is 5.69 Å². The Bertz CT molecular complexity index is 998. The minimum atomic E-state index is 0.711. The van der Waals surface area contributed by atoms with E-state index in [0.29, 0.717) is 5.92 Å². The normalized spacial score (nSPS) is 16.3. The number of aryl methyl sites for hydroxylation is 3. The molecule has 1 fully saturated rings. The number of nitrogens with zero attached hydrogens (tertiary/aromatic N) is 1. The number of anilines is 1. The van der Waals surface area contributed by atoms with Crippen molar-refractivity contribution < 1.29 is 0 Å². The maximum atomic E-state index is 6.17. The summed E-state index contributed by atoms with van der Waals surface area (Å²) in [6.07, 6.45) is 8.62. The van der Waals surface area contributed by atoms with E-state index in [9.17, 15) is 0 Å². The molecular formula is C24H26N2S. The summed E-state index contributed by atoms with van der Waals surface area (Å²) in [6.45, 7) is 2.11. The van der Waals surface area contributed by atoms with Gasteiger partial charge in [0.05, 0.1) is 10.7 Å². The average molecular weight is 375 g/mol. The number of nitrogens with two attached hydrogens (primary N) is 1. The lowest BCUT2D eigenvalue weighted by Crippen LogP contribution is -2.02. The molecule has 3 aromatic rings. The third-order valence-electron chi connectivity index (χ3n) is 6.08. The highest BCUT2D eigenvalue weighted by molar-refractivity contribution is 7.10. The first-order valence-electron chi connectivity index (χ1n) is 10.1. The van der Waals surface area contributed by atoms with E-state index in [1.807, 2.05) is 0 Å². The van der Waals surface area contributed by atoms with Crippen LogP contribution in [0, 0.1) is 6.92 Å². The minimum Gasteiger partial charge on any atom is -0.399 e. The molecule has 0 aliphatic heterocycles. The molecule has 3 heteroatoms. The molecule has 5 rings (SSSR count). The monoisotopic (exact) mass is 374 g/mol. The number of hydrogen-bond donors (Lipinski definition) is 1. The van der Waals surface area contributed by atoms with Crippen molar-refractivity contribution in [2.24, 2.45) is 0 Å². The Morgan fingerprint density at radius 1 is 1.07 bits per heavy atom. The number of aromatic nitrogens is 1. The first-order chi connectivity index (χ1) is 13.2. The van der Waals surface area contributed by atoms with Crippen molar-refractivity contribution in [1.82, 2.24) is 4.98 Å². The summed E-state index contributed by atoms with van der Waals surface area (Å²) in [7, 11) is 0. The van der Waals surface area contributed by atoms with E-state index in [-0.39, 0.29) is 0 Å². The second kappa shape index (κ2) is 6.79. The summed E-state index contributed by atoms with van der Waals surface area (Å²) < 4.78 is 0. The van der Waals surface area contributed by atoms with Gasteiger partial charge in [0.15, 0.2) is 0 Å². The summed E-state index contributed by atoms with van der Waals surface area (Å²) >= 11 is 1.79. The van der Waals surface area contributed by atoms with Gasteiger partial charge in [-0.3, -0.25) is 0 Å². The van der Waals surface area contributed by atoms with Crippen LogP contribution < -0.4 is 5.73 Å². The van der Waals surface area contributed by atoms with Gasteiger partial charge in [-0.1, -0.05) is 18.2 Å². The highest BCUT2D eigenvalue weighted by Crippen LogP contribution is 2.43.